The van der Waals surface area contributed by atoms with Gasteiger partial charge in [0.05, 0.1) is 12.7 Å². The van der Waals surface area contributed by atoms with E-state index in [-0.39, 0.29) is 6.61 Å². The zero-order valence-corrected chi connectivity index (χ0v) is 10.7. The predicted octanol–water partition coefficient (Wildman–Crippen LogP) is 0.902. The average Bonchev–Trinajstić information content (AvgIpc) is 2.98. The van der Waals surface area contributed by atoms with Crippen molar-refractivity contribution < 1.29 is 10.2 Å². The number of thiophene rings is 1. The molecule has 1 atom stereocenters. The lowest BCUT2D eigenvalue weighted by Gasteiger charge is -2.02. The van der Waals surface area contributed by atoms with Gasteiger partial charge in [-0.1, -0.05) is 17.8 Å². The van der Waals surface area contributed by atoms with Crippen molar-refractivity contribution in [3.8, 4) is 0 Å². The van der Waals surface area contributed by atoms with Gasteiger partial charge in [0.25, 0.3) is 0 Å². The van der Waals surface area contributed by atoms with Crippen LogP contribution in [0.15, 0.2) is 22.7 Å². The van der Waals surface area contributed by atoms with Crippen LogP contribution in [0.25, 0.3) is 0 Å². The number of rotatable bonds is 6. The molecular formula is C10H13N3O2S2. The summed E-state index contributed by atoms with van der Waals surface area (Å²) in [5.74, 6) is 1.21. The highest BCUT2D eigenvalue weighted by atomic mass is 32.2. The van der Waals surface area contributed by atoms with E-state index in [0.717, 1.165) is 12.2 Å². The quantitative estimate of drug-likeness (QED) is 0.680. The Morgan fingerprint density at radius 2 is 2.41 bits per heavy atom. The van der Waals surface area contributed by atoms with Crippen LogP contribution in [0.1, 0.15) is 10.7 Å². The van der Waals surface area contributed by atoms with Gasteiger partial charge in [0.15, 0.2) is 0 Å². The Bertz CT molecular complexity index is 444. The van der Waals surface area contributed by atoms with Crippen LogP contribution in [-0.4, -0.2) is 43.9 Å². The SMILES string of the molecule is OC[C@@H](O)CSc1n[nH]c(Cc2cccs2)n1. The Labute approximate surface area is 107 Å². The van der Waals surface area contributed by atoms with Crippen LogP contribution in [0.2, 0.25) is 0 Å². The number of nitrogens with one attached hydrogen (secondary N) is 1. The lowest BCUT2D eigenvalue weighted by atomic mass is 10.3. The van der Waals surface area contributed by atoms with E-state index in [9.17, 15) is 5.11 Å². The lowest BCUT2D eigenvalue weighted by Crippen LogP contribution is -2.14. The molecule has 0 saturated carbocycles. The molecule has 2 aromatic heterocycles. The molecule has 92 valence electrons. The molecule has 0 spiro atoms. The number of hydrogen-bond donors (Lipinski definition) is 3. The zero-order chi connectivity index (χ0) is 12.1. The molecule has 0 aliphatic carbocycles. The fraction of sp³-hybridized carbons (Fsp3) is 0.400. The number of aromatic nitrogens is 3. The van der Waals surface area contributed by atoms with E-state index in [0.29, 0.717) is 10.9 Å². The third-order valence-corrected chi connectivity index (χ3v) is 3.92. The molecule has 0 fully saturated rings. The van der Waals surface area contributed by atoms with Crippen molar-refractivity contribution in [3.63, 3.8) is 0 Å². The number of aliphatic hydroxyl groups is 2. The minimum absolute atomic E-state index is 0.237. The molecular weight excluding hydrogens is 258 g/mol. The van der Waals surface area contributed by atoms with Crippen LogP contribution < -0.4 is 0 Å². The number of nitrogens with zero attached hydrogens (tertiary/aromatic N) is 2. The van der Waals surface area contributed by atoms with Crippen molar-refractivity contribution in [3.05, 3.63) is 28.2 Å². The maximum absolute atomic E-state index is 9.20. The third kappa shape index (κ3) is 3.81. The summed E-state index contributed by atoms with van der Waals surface area (Å²) in [6.45, 7) is -0.237. The van der Waals surface area contributed by atoms with Crippen LogP contribution >= 0.6 is 23.1 Å². The molecule has 7 heteroatoms. The largest absolute Gasteiger partial charge is 0.394 e. The topological polar surface area (TPSA) is 82.0 Å². The van der Waals surface area contributed by atoms with Gasteiger partial charge in [-0.3, -0.25) is 5.10 Å². The second kappa shape index (κ2) is 6.15. The van der Waals surface area contributed by atoms with E-state index in [1.54, 1.807) is 11.3 Å². The smallest absolute Gasteiger partial charge is 0.208 e. The van der Waals surface area contributed by atoms with E-state index in [2.05, 4.69) is 21.2 Å². The first-order valence-corrected chi connectivity index (χ1v) is 7.00. The fourth-order valence-corrected chi connectivity index (χ4v) is 2.66. The van der Waals surface area contributed by atoms with Crippen LogP contribution in [0.3, 0.4) is 0 Å². The second-order valence-electron chi connectivity index (χ2n) is 3.47. The van der Waals surface area contributed by atoms with Gasteiger partial charge < -0.3 is 10.2 Å². The summed E-state index contributed by atoms with van der Waals surface area (Å²) >= 11 is 3.01. The summed E-state index contributed by atoms with van der Waals surface area (Å²) in [4.78, 5) is 5.53. The standard InChI is InChI=1S/C10H13N3O2S2/c14-5-7(15)6-17-10-11-9(12-13-10)4-8-2-1-3-16-8/h1-3,7,14-15H,4-6H2,(H,11,12,13)/t7-/m1/s1. The first-order chi connectivity index (χ1) is 8.28. The van der Waals surface area contributed by atoms with Crippen LogP contribution in [-0.2, 0) is 6.42 Å². The van der Waals surface area contributed by atoms with Gasteiger partial charge in [-0.25, -0.2) is 4.98 Å². The molecule has 17 heavy (non-hydrogen) atoms. The van der Waals surface area contributed by atoms with Crippen molar-refractivity contribution in [1.29, 1.82) is 0 Å². The van der Waals surface area contributed by atoms with Gasteiger partial charge in [0.2, 0.25) is 5.16 Å². The van der Waals surface area contributed by atoms with E-state index in [4.69, 9.17) is 5.11 Å². The molecule has 0 saturated heterocycles. The van der Waals surface area contributed by atoms with Gasteiger partial charge in [0.1, 0.15) is 5.82 Å². The van der Waals surface area contributed by atoms with Crippen molar-refractivity contribution in [1.82, 2.24) is 15.2 Å². The predicted molar refractivity (Wildman–Crippen MR) is 67.3 cm³/mol. The molecule has 0 radical (unpaired) electrons. The Morgan fingerprint density at radius 3 is 3.12 bits per heavy atom. The molecule has 0 aliphatic rings. The van der Waals surface area contributed by atoms with E-state index in [1.165, 1.54) is 16.6 Å². The molecule has 0 aromatic carbocycles. The number of H-pyrrole nitrogens is 1. The van der Waals surface area contributed by atoms with Crippen molar-refractivity contribution >= 4 is 23.1 Å². The van der Waals surface area contributed by atoms with Gasteiger partial charge in [-0.15, -0.1) is 16.4 Å². The minimum Gasteiger partial charge on any atom is -0.394 e. The van der Waals surface area contributed by atoms with Crippen molar-refractivity contribution in [2.75, 3.05) is 12.4 Å². The normalized spacial score (nSPS) is 12.8. The molecule has 0 aliphatic heterocycles. The molecule has 2 heterocycles. The Hall–Kier alpha value is -0.890. The fourth-order valence-electron chi connectivity index (χ4n) is 1.22. The Morgan fingerprint density at radius 1 is 1.53 bits per heavy atom. The van der Waals surface area contributed by atoms with Crippen molar-refractivity contribution in [2.24, 2.45) is 0 Å². The number of aromatic amines is 1. The summed E-state index contributed by atoms with van der Waals surface area (Å²) < 4.78 is 0. The van der Waals surface area contributed by atoms with Crippen LogP contribution in [0.4, 0.5) is 0 Å². The molecule has 3 N–H and O–H groups in total. The highest BCUT2D eigenvalue weighted by Crippen LogP contribution is 2.16. The number of thioether (sulfide) groups is 1. The average molecular weight is 271 g/mol. The highest BCUT2D eigenvalue weighted by Gasteiger charge is 2.08. The zero-order valence-electron chi connectivity index (χ0n) is 9.04. The second-order valence-corrected chi connectivity index (χ2v) is 5.49. The van der Waals surface area contributed by atoms with Gasteiger partial charge in [0, 0.05) is 17.1 Å². The maximum Gasteiger partial charge on any atom is 0.208 e. The maximum atomic E-state index is 9.20. The summed E-state index contributed by atoms with van der Waals surface area (Å²) in [6, 6.07) is 4.05. The molecule has 0 bridgehead atoms. The van der Waals surface area contributed by atoms with Gasteiger partial charge in [-0.05, 0) is 11.4 Å². The van der Waals surface area contributed by atoms with E-state index >= 15 is 0 Å². The molecule has 0 unspecified atom stereocenters. The van der Waals surface area contributed by atoms with Gasteiger partial charge >= 0.3 is 0 Å². The molecule has 2 aromatic rings. The molecule has 2 rings (SSSR count). The van der Waals surface area contributed by atoms with Gasteiger partial charge in [-0.2, -0.15) is 0 Å². The third-order valence-electron chi connectivity index (χ3n) is 2.05. The van der Waals surface area contributed by atoms with E-state index in [1.807, 2.05) is 11.4 Å². The lowest BCUT2D eigenvalue weighted by molar-refractivity contribution is 0.113. The summed E-state index contributed by atoms with van der Waals surface area (Å²) in [7, 11) is 0. The Balaban J connectivity index is 1.87. The van der Waals surface area contributed by atoms with Crippen LogP contribution in [0.5, 0.6) is 0 Å². The summed E-state index contributed by atoms with van der Waals surface area (Å²) in [6.07, 6.45) is 0.0209. The molecule has 5 nitrogen and oxygen atoms in total. The highest BCUT2D eigenvalue weighted by molar-refractivity contribution is 7.99. The first-order valence-electron chi connectivity index (χ1n) is 5.13. The summed E-state index contributed by atoms with van der Waals surface area (Å²) in [5, 5.41) is 27.4. The van der Waals surface area contributed by atoms with E-state index < -0.39 is 6.10 Å². The molecule has 0 amide bonds. The number of aliphatic hydroxyl groups excluding tert-OH is 2. The van der Waals surface area contributed by atoms with Crippen LogP contribution in [0, 0.1) is 0 Å². The minimum atomic E-state index is -0.723. The summed E-state index contributed by atoms with van der Waals surface area (Å²) in [5.41, 5.74) is 0. The van der Waals surface area contributed by atoms with Crippen molar-refractivity contribution in [2.45, 2.75) is 17.7 Å². The first kappa shape index (κ1) is 12.6. The monoisotopic (exact) mass is 271 g/mol. The Kier molecular flexibility index (Phi) is 4.55. The number of hydrogen-bond acceptors (Lipinski definition) is 6.